The molecule has 146 valence electrons. The molecule has 4 nitrogen and oxygen atoms in total. The van der Waals surface area contributed by atoms with Gasteiger partial charge in [-0.05, 0) is 61.7 Å². The third-order valence-electron chi connectivity index (χ3n) is 5.07. The average molecular weight is 383 g/mol. The minimum absolute atomic E-state index is 0.188. The van der Waals surface area contributed by atoms with E-state index in [1.807, 2.05) is 43.5 Å². The van der Waals surface area contributed by atoms with Gasteiger partial charge in [0.15, 0.2) is 11.6 Å². The molecule has 0 saturated heterocycles. The maximum Gasteiger partial charge on any atom is 0.268 e. The lowest BCUT2D eigenvalue weighted by molar-refractivity contribution is 0.0944. The Balaban J connectivity index is 1.80. The van der Waals surface area contributed by atoms with E-state index < -0.39 is 11.6 Å². The maximum absolute atomic E-state index is 13.6. The Morgan fingerprint density at radius 2 is 1.86 bits per heavy atom. The summed E-state index contributed by atoms with van der Waals surface area (Å²) in [6, 6.07) is 9.48. The SMILES string of the molecule is Cc1c(C)c(C(=O)NCCc2ccccn2)n(Cc2ccc(F)c(F)c2)c1C. The van der Waals surface area contributed by atoms with E-state index in [9.17, 15) is 13.6 Å². The molecule has 0 aliphatic carbocycles. The van der Waals surface area contributed by atoms with Gasteiger partial charge in [-0.25, -0.2) is 8.78 Å². The van der Waals surface area contributed by atoms with Crippen LogP contribution in [0.1, 0.15) is 38.6 Å². The maximum atomic E-state index is 13.6. The number of hydrogen-bond acceptors (Lipinski definition) is 2. The molecule has 2 heterocycles. The molecule has 6 heteroatoms. The predicted molar refractivity (Wildman–Crippen MR) is 104 cm³/mol. The zero-order chi connectivity index (χ0) is 20.3. The van der Waals surface area contributed by atoms with Crippen LogP contribution in [0.15, 0.2) is 42.6 Å². The van der Waals surface area contributed by atoms with Crippen molar-refractivity contribution >= 4 is 5.91 Å². The molecule has 0 saturated carbocycles. The number of carbonyl (C=O) groups is 1. The molecule has 3 rings (SSSR count). The first-order valence-electron chi connectivity index (χ1n) is 9.16. The summed E-state index contributed by atoms with van der Waals surface area (Å²) in [5.74, 6) is -1.96. The van der Waals surface area contributed by atoms with Crippen molar-refractivity contribution in [3.8, 4) is 0 Å². The Labute approximate surface area is 163 Å². The Bertz CT molecular complexity index is 997. The Morgan fingerprint density at radius 1 is 1.07 bits per heavy atom. The Hall–Kier alpha value is -3.02. The van der Waals surface area contributed by atoms with E-state index in [1.165, 1.54) is 12.1 Å². The number of halogens is 2. The smallest absolute Gasteiger partial charge is 0.268 e. The van der Waals surface area contributed by atoms with Crippen LogP contribution in [-0.4, -0.2) is 22.0 Å². The Kier molecular flexibility index (Phi) is 5.87. The van der Waals surface area contributed by atoms with Crippen molar-refractivity contribution in [3.63, 3.8) is 0 Å². The van der Waals surface area contributed by atoms with E-state index in [4.69, 9.17) is 0 Å². The lowest BCUT2D eigenvalue weighted by Gasteiger charge is -2.13. The second-order valence-electron chi connectivity index (χ2n) is 6.85. The highest BCUT2D eigenvalue weighted by molar-refractivity contribution is 5.95. The fraction of sp³-hybridized carbons (Fsp3) is 0.273. The topological polar surface area (TPSA) is 46.9 Å². The minimum Gasteiger partial charge on any atom is -0.350 e. The normalized spacial score (nSPS) is 10.9. The average Bonchev–Trinajstić information content (AvgIpc) is 2.89. The molecule has 1 aromatic carbocycles. The van der Waals surface area contributed by atoms with Gasteiger partial charge >= 0.3 is 0 Å². The van der Waals surface area contributed by atoms with Crippen molar-refractivity contribution in [3.05, 3.63) is 88.0 Å². The molecule has 0 unspecified atom stereocenters. The monoisotopic (exact) mass is 383 g/mol. The zero-order valence-electron chi connectivity index (χ0n) is 16.2. The van der Waals surface area contributed by atoms with Gasteiger partial charge in [-0.3, -0.25) is 9.78 Å². The number of nitrogens with one attached hydrogen (secondary N) is 1. The van der Waals surface area contributed by atoms with Crippen molar-refractivity contribution in [2.24, 2.45) is 0 Å². The van der Waals surface area contributed by atoms with Crippen molar-refractivity contribution < 1.29 is 13.6 Å². The molecule has 0 radical (unpaired) electrons. The number of carbonyl (C=O) groups excluding carboxylic acids is 1. The lowest BCUT2D eigenvalue weighted by Crippen LogP contribution is -2.29. The van der Waals surface area contributed by atoms with Gasteiger partial charge in [0.2, 0.25) is 0 Å². The zero-order valence-corrected chi connectivity index (χ0v) is 16.2. The minimum atomic E-state index is -0.892. The molecule has 0 atom stereocenters. The van der Waals surface area contributed by atoms with Crippen LogP contribution in [-0.2, 0) is 13.0 Å². The summed E-state index contributed by atoms with van der Waals surface area (Å²) in [4.78, 5) is 17.1. The molecular weight excluding hydrogens is 360 g/mol. The molecular formula is C22H23F2N3O. The highest BCUT2D eigenvalue weighted by atomic mass is 19.2. The van der Waals surface area contributed by atoms with Crippen LogP contribution in [0.5, 0.6) is 0 Å². The fourth-order valence-electron chi connectivity index (χ4n) is 3.27. The number of nitrogens with zero attached hydrogens (tertiary/aromatic N) is 2. The number of rotatable bonds is 6. The molecule has 0 bridgehead atoms. The second-order valence-corrected chi connectivity index (χ2v) is 6.85. The van der Waals surface area contributed by atoms with Crippen LogP contribution >= 0.6 is 0 Å². The molecule has 3 aromatic rings. The van der Waals surface area contributed by atoms with Crippen LogP contribution in [0.25, 0.3) is 0 Å². The van der Waals surface area contributed by atoms with Gasteiger partial charge in [0.05, 0.1) is 0 Å². The van der Waals surface area contributed by atoms with Gasteiger partial charge in [0.1, 0.15) is 5.69 Å². The van der Waals surface area contributed by atoms with Gasteiger partial charge in [0.25, 0.3) is 5.91 Å². The number of aromatic nitrogens is 2. The molecule has 1 N–H and O–H groups in total. The predicted octanol–water partition coefficient (Wildman–Crippen LogP) is 4.11. The van der Waals surface area contributed by atoms with Crippen molar-refractivity contribution in [2.45, 2.75) is 33.7 Å². The summed E-state index contributed by atoms with van der Waals surface area (Å²) in [5.41, 5.74) is 4.87. The first-order chi connectivity index (χ1) is 13.4. The lowest BCUT2D eigenvalue weighted by atomic mass is 10.1. The van der Waals surface area contributed by atoms with Gasteiger partial charge in [0, 0.05) is 37.1 Å². The summed E-state index contributed by atoms with van der Waals surface area (Å²) in [5, 5.41) is 2.94. The van der Waals surface area contributed by atoms with Gasteiger partial charge in [-0.15, -0.1) is 0 Å². The summed E-state index contributed by atoms with van der Waals surface area (Å²) in [7, 11) is 0. The summed E-state index contributed by atoms with van der Waals surface area (Å²) in [6.07, 6.45) is 2.36. The molecule has 0 spiro atoms. The van der Waals surface area contributed by atoms with Crippen LogP contribution in [0.2, 0.25) is 0 Å². The molecule has 28 heavy (non-hydrogen) atoms. The molecule has 0 aliphatic heterocycles. The van der Waals surface area contributed by atoms with Crippen LogP contribution in [0.4, 0.5) is 8.78 Å². The fourth-order valence-corrected chi connectivity index (χ4v) is 3.27. The van der Waals surface area contributed by atoms with E-state index in [2.05, 4.69) is 10.3 Å². The molecule has 2 aromatic heterocycles. The van der Waals surface area contributed by atoms with Crippen LogP contribution in [0, 0.1) is 32.4 Å². The van der Waals surface area contributed by atoms with Crippen molar-refractivity contribution in [2.75, 3.05) is 6.54 Å². The van der Waals surface area contributed by atoms with Gasteiger partial charge in [-0.2, -0.15) is 0 Å². The first-order valence-corrected chi connectivity index (χ1v) is 9.16. The first kappa shape index (κ1) is 19.7. The standard InChI is InChI=1S/C22H23F2N3O/c1-14-15(2)21(22(28)26-11-9-18-6-4-5-10-25-18)27(16(14)3)13-17-7-8-19(23)20(24)12-17/h4-8,10,12H,9,11,13H2,1-3H3,(H,26,28). The second kappa shape index (κ2) is 8.33. The molecule has 1 amide bonds. The largest absolute Gasteiger partial charge is 0.350 e. The number of benzene rings is 1. The van der Waals surface area contributed by atoms with Crippen molar-refractivity contribution in [1.29, 1.82) is 0 Å². The highest BCUT2D eigenvalue weighted by Gasteiger charge is 2.21. The summed E-state index contributed by atoms with van der Waals surface area (Å²) < 4.78 is 28.7. The molecule has 0 fully saturated rings. The third-order valence-corrected chi connectivity index (χ3v) is 5.07. The van der Waals surface area contributed by atoms with Gasteiger partial charge in [-0.1, -0.05) is 12.1 Å². The van der Waals surface area contributed by atoms with E-state index in [0.29, 0.717) is 30.8 Å². The Morgan fingerprint density at radius 3 is 2.54 bits per heavy atom. The number of pyridine rings is 1. The van der Waals surface area contributed by atoms with E-state index >= 15 is 0 Å². The van der Waals surface area contributed by atoms with Crippen LogP contribution in [0.3, 0.4) is 0 Å². The van der Waals surface area contributed by atoms with E-state index in [-0.39, 0.29) is 5.91 Å². The quantitative estimate of drug-likeness (QED) is 0.696. The van der Waals surface area contributed by atoms with Gasteiger partial charge < -0.3 is 9.88 Å². The number of amides is 1. The highest BCUT2D eigenvalue weighted by Crippen LogP contribution is 2.23. The third kappa shape index (κ3) is 4.11. The van der Waals surface area contributed by atoms with Crippen LogP contribution < -0.4 is 5.32 Å². The summed E-state index contributed by atoms with van der Waals surface area (Å²) in [6.45, 7) is 6.53. The summed E-state index contributed by atoms with van der Waals surface area (Å²) >= 11 is 0. The van der Waals surface area contributed by atoms with Crippen molar-refractivity contribution in [1.82, 2.24) is 14.9 Å². The van der Waals surface area contributed by atoms with E-state index in [0.717, 1.165) is 28.6 Å². The number of hydrogen-bond donors (Lipinski definition) is 1. The molecule has 0 aliphatic rings. The van der Waals surface area contributed by atoms with E-state index in [1.54, 1.807) is 6.20 Å².